The number of hydrogen-bond donors (Lipinski definition) is 1. The van der Waals surface area contributed by atoms with E-state index in [4.69, 9.17) is 4.74 Å². The van der Waals surface area contributed by atoms with Crippen LogP contribution in [0.3, 0.4) is 0 Å². The first-order chi connectivity index (χ1) is 15.5. The van der Waals surface area contributed by atoms with Crippen molar-refractivity contribution in [3.05, 3.63) is 60.0 Å². The molecule has 0 atom stereocenters. The molecule has 4 rings (SSSR count). The maximum absolute atomic E-state index is 12.9. The van der Waals surface area contributed by atoms with Crippen molar-refractivity contribution in [1.82, 2.24) is 14.2 Å². The average Bonchev–Trinajstić information content (AvgIpc) is 3.28. The Labute approximate surface area is 191 Å². The highest BCUT2D eigenvalue weighted by atomic mass is 32.2. The minimum Gasteiger partial charge on any atom is -0.497 e. The van der Waals surface area contributed by atoms with Gasteiger partial charge in [0.2, 0.25) is 15.9 Å². The number of benzene rings is 2. The number of nitrogens with zero attached hydrogens (tertiary/aromatic N) is 3. The number of piperazine rings is 1. The van der Waals surface area contributed by atoms with Gasteiger partial charge in [-0.25, -0.2) is 13.4 Å². The third kappa shape index (κ3) is 5.16. The van der Waals surface area contributed by atoms with Gasteiger partial charge in [0.1, 0.15) is 5.75 Å². The number of thiazole rings is 1. The normalized spacial score (nSPS) is 15.4. The number of hydrogen-bond acceptors (Lipinski definition) is 7. The number of carbonyl (C=O) groups excluding carboxylic acids is 1. The van der Waals surface area contributed by atoms with E-state index in [1.54, 1.807) is 24.3 Å². The first kappa shape index (κ1) is 22.4. The van der Waals surface area contributed by atoms with Gasteiger partial charge in [0.05, 0.1) is 24.2 Å². The van der Waals surface area contributed by atoms with E-state index in [0.717, 1.165) is 11.3 Å². The molecule has 168 valence electrons. The molecule has 1 N–H and O–H groups in total. The van der Waals surface area contributed by atoms with Crippen LogP contribution in [0.1, 0.15) is 0 Å². The Morgan fingerprint density at radius 1 is 1.06 bits per heavy atom. The molecule has 1 aliphatic rings. The second-order valence-corrected chi connectivity index (χ2v) is 10.1. The summed E-state index contributed by atoms with van der Waals surface area (Å²) in [5.41, 5.74) is 1.82. The minimum absolute atomic E-state index is 0.162. The SMILES string of the molecule is COc1ccc(S(=O)(=O)N2CCN(CC(=O)Nc3nc(-c4ccccc4)cs3)CC2)cc1. The zero-order chi connectivity index (χ0) is 22.6. The summed E-state index contributed by atoms with van der Waals surface area (Å²) >= 11 is 1.38. The van der Waals surface area contributed by atoms with Crippen LogP contribution >= 0.6 is 11.3 Å². The number of carbonyl (C=O) groups is 1. The molecule has 1 saturated heterocycles. The Kier molecular flexibility index (Phi) is 6.85. The summed E-state index contributed by atoms with van der Waals surface area (Å²) < 4.78 is 32.3. The van der Waals surface area contributed by atoms with Crippen LogP contribution in [-0.4, -0.2) is 68.3 Å². The van der Waals surface area contributed by atoms with Crippen molar-refractivity contribution in [2.45, 2.75) is 4.90 Å². The fraction of sp³-hybridized carbons (Fsp3) is 0.273. The van der Waals surface area contributed by atoms with E-state index in [9.17, 15) is 13.2 Å². The summed E-state index contributed by atoms with van der Waals surface area (Å²) in [7, 11) is -2.03. The van der Waals surface area contributed by atoms with Gasteiger partial charge in [0, 0.05) is 37.1 Å². The lowest BCUT2D eigenvalue weighted by atomic mass is 10.2. The van der Waals surface area contributed by atoms with E-state index in [1.165, 1.54) is 22.8 Å². The summed E-state index contributed by atoms with van der Waals surface area (Å²) in [6, 6.07) is 16.1. The van der Waals surface area contributed by atoms with Crippen molar-refractivity contribution >= 4 is 32.4 Å². The number of aromatic nitrogens is 1. The molecular formula is C22H24N4O4S2. The molecule has 2 aromatic carbocycles. The molecule has 0 spiro atoms. The van der Waals surface area contributed by atoms with Gasteiger partial charge in [-0.15, -0.1) is 11.3 Å². The lowest BCUT2D eigenvalue weighted by molar-refractivity contribution is -0.117. The first-order valence-corrected chi connectivity index (χ1v) is 12.4. The molecule has 1 aliphatic heterocycles. The molecule has 0 radical (unpaired) electrons. The maximum Gasteiger partial charge on any atom is 0.243 e. The van der Waals surface area contributed by atoms with Crippen molar-refractivity contribution < 1.29 is 17.9 Å². The van der Waals surface area contributed by atoms with Gasteiger partial charge >= 0.3 is 0 Å². The standard InChI is InChI=1S/C22H24N4O4S2/c1-30-18-7-9-19(10-8-18)32(28,29)26-13-11-25(12-14-26)15-21(27)24-22-23-20(16-31-22)17-5-3-2-4-6-17/h2-10,16H,11-15H2,1H3,(H,23,24,27). The molecule has 10 heteroatoms. The summed E-state index contributed by atoms with van der Waals surface area (Å²) in [6.45, 7) is 1.82. The number of methoxy groups -OCH3 is 1. The molecule has 0 aliphatic carbocycles. The fourth-order valence-corrected chi connectivity index (χ4v) is 5.62. The van der Waals surface area contributed by atoms with Gasteiger partial charge < -0.3 is 10.1 Å². The number of sulfonamides is 1. The highest BCUT2D eigenvalue weighted by molar-refractivity contribution is 7.89. The van der Waals surface area contributed by atoms with E-state index < -0.39 is 10.0 Å². The number of anilines is 1. The van der Waals surface area contributed by atoms with Gasteiger partial charge in [-0.2, -0.15) is 4.31 Å². The molecule has 8 nitrogen and oxygen atoms in total. The van der Waals surface area contributed by atoms with Crippen LogP contribution in [0.2, 0.25) is 0 Å². The van der Waals surface area contributed by atoms with Gasteiger partial charge in [-0.1, -0.05) is 30.3 Å². The minimum atomic E-state index is -3.57. The van der Waals surface area contributed by atoms with Crippen LogP contribution < -0.4 is 10.1 Å². The van der Waals surface area contributed by atoms with Crippen LogP contribution in [0, 0.1) is 0 Å². The van der Waals surface area contributed by atoms with Gasteiger partial charge in [-0.05, 0) is 24.3 Å². The van der Waals surface area contributed by atoms with Crippen molar-refractivity contribution in [3.63, 3.8) is 0 Å². The van der Waals surface area contributed by atoms with Crippen molar-refractivity contribution in [1.29, 1.82) is 0 Å². The van der Waals surface area contributed by atoms with E-state index in [1.807, 2.05) is 40.6 Å². The predicted octanol–water partition coefficient (Wildman–Crippen LogP) is 2.76. The summed E-state index contributed by atoms with van der Waals surface area (Å²) in [6.07, 6.45) is 0. The second-order valence-electron chi connectivity index (χ2n) is 7.31. The lowest BCUT2D eigenvalue weighted by Gasteiger charge is -2.33. The van der Waals surface area contributed by atoms with Gasteiger partial charge in [0.25, 0.3) is 0 Å². The van der Waals surface area contributed by atoms with Crippen LogP contribution in [0.25, 0.3) is 11.3 Å². The molecule has 32 heavy (non-hydrogen) atoms. The zero-order valence-electron chi connectivity index (χ0n) is 17.6. The third-order valence-corrected chi connectivity index (χ3v) is 7.89. The topological polar surface area (TPSA) is 91.8 Å². The largest absolute Gasteiger partial charge is 0.497 e. The highest BCUT2D eigenvalue weighted by Crippen LogP contribution is 2.25. The molecule has 0 unspecified atom stereocenters. The number of nitrogens with one attached hydrogen (secondary N) is 1. The number of ether oxygens (including phenoxy) is 1. The molecule has 0 saturated carbocycles. The van der Waals surface area contributed by atoms with Crippen LogP contribution in [0.5, 0.6) is 5.75 Å². The van der Waals surface area contributed by atoms with Crippen LogP contribution in [0.15, 0.2) is 64.9 Å². The lowest BCUT2D eigenvalue weighted by Crippen LogP contribution is -2.50. The first-order valence-electron chi connectivity index (χ1n) is 10.1. The monoisotopic (exact) mass is 472 g/mol. The Bertz CT molecular complexity index is 1160. The Hall–Kier alpha value is -2.79. The Balaban J connectivity index is 1.29. The predicted molar refractivity (Wildman–Crippen MR) is 124 cm³/mol. The van der Waals surface area contributed by atoms with Gasteiger partial charge in [-0.3, -0.25) is 9.69 Å². The number of rotatable bonds is 7. The molecule has 2 heterocycles. The van der Waals surface area contributed by atoms with E-state index in [-0.39, 0.29) is 17.3 Å². The third-order valence-electron chi connectivity index (χ3n) is 5.22. The highest BCUT2D eigenvalue weighted by Gasteiger charge is 2.29. The maximum atomic E-state index is 12.9. The quantitative estimate of drug-likeness (QED) is 0.569. The summed E-state index contributed by atoms with van der Waals surface area (Å²) in [4.78, 5) is 19.1. The molecular weight excluding hydrogens is 448 g/mol. The number of amides is 1. The molecule has 1 fully saturated rings. The van der Waals surface area contributed by atoms with Crippen LogP contribution in [0.4, 0.5) is 5.13 Å². The summed E-state index contributed by atoms with van der Waals surface area (Å²) in [5, 5.41) is 5.30. The zero-order valence-corrected chi connectivity index (χ0v) is 19.2. The molecule has 3 aromatic rings. The van der Waals surface area contributed by atoms with E-state index >= 15 is 0 Å². The van der Waals surface area contributed by atoms with E-state index in [0.29, 0.717) is 37.1 Å². The molecule has 0 bridgehead atoms. The Morgan fingerprint density at radius 3 is 2.41 bits per heavy atom. The van der Waals surface area contributed by atoms with Crippen LogP contribution in [-0.2, 0) is 14.8 Å². The smallest absolute Gasteiger partial charge is 0.243 e. The Morgan fingerprint density at radius 2 is 1.75 bits per heavy atom. The molecule has 1 amide bonds. The van der Waals surface area contributed by atoms with E-state index in [2.05, 4.69) is 10.3 Å². The fourth-order valence-electron chi connectivity index (χ4n) is 3.46. The van der Waals surface area contributed by atoms with Crippen molar-refractivity contribution in [2.24, 2.45) is 0 Å². The van der Waals surface area contributed by atoms with Crippen molar-refractivity contribution in [3.8, 4) is 17.0 Å². The average molecular weight is 473 g/mol. The molecule has 1 aromatic heterocycles. The van der Waals surface area contributed by atoms with Crippen molar-refractivity contribution in [2.75, 3.05) is 45.2 Å². The second kappa shape index (κ2) is 9.78. The summed E-state index contributed by atoms with van der Waals surface area (Å²) in [5.74, 6) is 0.446. The van der Waals surface area contributed by atoms with Gasteiger partial charge in [0.15, 0.2) is 5.13 Å².